The molecule has 0 spiro atoms. The topological polar surface area (TPSA) is 26.0 Å². The average Bonchev–Trinajstić information content (AvgIpc) is 3.03. The maximum absolute atomic E-state index is 5.91. The van der Waals surface area contributed by atoms with Crippen molar-refractivity contribution < 1.29 is 4.42 Å². The van der Waals surface area contributed by atoms with Gasteiger partial charge in [0.15, 0.2) is 5.58 Å². The van der Waals surface area contributed by atoms with Gasteiger partial charge in [0.1, 0.15) is 5.52 Å². The minimum atomic E-state index is 0.623. The number of rotatable bonds is 3. The normalized spacial score (nSPS) is 10.7. The van der Waals surface area contributed by atoms with Crippen molar-refractivity contribution in [3.8, 4) is 0 Å². The molecule has 0 saturated carbocycles. The van der Waals surface area contributed by atoms with Crippen molar-refractivity contribution in [3.05, 3.63) is 101 Å². The Morgan fingerprint density at radius 1 is 0.833 bits per heavy atom. The summed E-state index contributed by atoms with van der Waals surface area (Å²) in [5.74, 6) is 0.623. The SMILES string of the molecule is Cc1ccc2oc(C=C(c3ccccc3)c3ccccc3)nc2c1. The molecule has 3 aromatic carbocycles. The molecule has 0 aliphatic carbocycles. The van der Waals surface area contributed by atoms with Crippen molar-refractivity contribution in [1.29, 1.82) is 0 Å². The fourth-order valence-electron chi connectivity index (χ4n) is 2.81. The second-order valence-corrected chi connectivity index (χ2v) is 5.81. The summed E-state index contributed by atoms with van der Waals surface area (Å²) in [6, 6.07) is 26.7. The van der Waals surface area contributed by atoms with Gasteiger partial charge in [0, 0.05) is 6.08 Å². The Morgan fingerprint density at radius 3 is 2.08 bits per heavy atom. The van der Waals surface area contributed by atoms with Crippen molar-refractivity contribution in [3.63, 3.8) is 0 Å². The maximum Gasteiger partial charge on any atom is 0.220 e. The lowest BCUT2D eigenvalue weighted by atomic mass is 9.98. The lowest BCUT2D eigenvalue weighted by Gasteiger charge is -2.07. The molecule has 1 aromatic heterocycles. The van der Waals surface area contributed by atoms with E-state index < -0.39 is 0 Å². The quantitative estimate of drug-likeness (QED) is 0.483. The van der Waals surface area contributed by atoms with Gasteiger partial charge < -0.3 is 4.42 Å². The highest BCUT2D eigenvalue weighted by atomic mass is 16.3. The van der Waals surface area contributed by atoms with Crippen LogP contribution in [0.1, 0.15) is 22.6 Å². The third-order valence-electron chi connectivity index (χ3n) is 4.00. The molecule has 2 heteroatoms. The van der Waals surface area contributed by atoms with Crippen LogP contribution in [-0.2, 0) is 0 Å². The van der Waals surface area contributed by atoms with E-state index in [0.29, 0.717) is 5.89 Å². The summed E-state index contributed by atoms with van der Waals surface area (Å²) in [6.45, 7) is 2.06. The smallest absolute Gasteiger partial charge is 0.220 e. The Labute approximate surface area is 141 Å². The molecule has 0 amide bonds. The number of fused-ring (bicyclic) bond motifs is 1. The number of nitrogens with zero attached hydrogens (tertiary/aromatic N) is 1. The van der Waals surface area contributed by atoms with E-state index in [1.807, 2.05) is 60.7 Å². The predicted octanol–water partition coefficient (Wildman–Crippen LogP) is 5.73. The fraction of sp³-hybridized carbons (Fsp3) is 0.0455. The van der Waals surface area contributed by atoms with Gasteiger partial charge in [-0.2, -0.15) is 0 Å². The van der Waals surface area contributed by atoms with E-state index in [1.165, 1.54) is 5.56 Å². The van der Waals surface area contributed by atoms with Gasteiger partial charge in [-0.3, -0.25) is 0 Å². The van der Waals surface area contributed by atoms with Gasteiger partial charge >= 0.3 is 0 Å². The predicted molar refractivity (Wildman–Crippen MR) is 98.6 cm³/mol. The van der Waals surface area contributed by atoms with E-state index >= 15 is 0 Å². The van der Waals surface area contributed by atoms with Crippen LogP contribution in [0.3, 0.4) is 0 Å². The highest BCUT2D eigenvalue weighted by Crippen LogP contribution is 2.27. The molecule has 0 saturated heterocycles. The van der Waals surface area contributed by atoms with Crippen LogP contribution in [0, 0.1) is 6.92 Å². The fourth-order valence-corrected chi connectivity index (χ4v) is 2.81. The van der Waals surface area contributed by atoms with Gasteiger partial charge in [0.2, 0.25) is 5.89 Å². The molecule has 116 valence electrons. The van der Waals surface area contributed by atoms with Crippen molar-refractivity contribution in [1.82, 2.24) is 4.98 Å². The van der Waals surface area contributed by atoms with Gasteiger partial charge in [-0.15, -0.1) is 0 Å². The zero-order valence-corrected chi connectivity index (χ0v) is 13.4. The monoisotopic (exact) mass is 311 g/mol. The molecule has 0 atom stereocenters. The summed E-state index contributed by atoms with van der Waals surface area (Å²) < 4.78 is 5.91. The lowest BCUT2D eigenvalue weighted by Crippen LogP contribution is -1.87. The summed E-state index contributed by atoms with van der Waals surface area (Å²) in [4.78, 5) is 4.62. The Morgan fingerprint density at radius 2 is 1.46 bits per heavy atom. The van der Waals surface area contributed by atoms with Crippen LogP contribution in [0.25, 0.3) is 22.7 Å². The number of hydrogen-bond acceptors (Lipinski definition) is 2. The molecule has 4 aromatic rings. The maximum atomic E-state index is 5.91. The number of hydrogen-bond donors (Lipinski definition) is 0. The molecule has 2 nitrogen and oxygen atoms in total. The van der Waals surface area contributed by atoms with E-state index in [4.69, 9.17) is 4.42 Å². The molecule has 0 bridgehead atoms. The summed E-state index contributed by atoms with van der Waals surface area (Å²) in [5.41, 5.74) is 6.26. The number of aromatic nitrogens is 1. The molecule has 4 rings (SSSR count). The van der Waals surface area contributed by atoms with Crippen LogP contribution in [0.5, 0.6) is 0 Å². The molecule has 0 unspecified atom stereocenters. The van der Waals surface area contributed by atoms with Crippen molar-refractivity contribution in [2.75, 3.05) is 0 Å². The summed E-state index contributed by atoms with van der Waals surface area (Å²) in [5, 5.41) is 0. The van der Waals surface area contributed by atoms with E-state index in [0.717, 1.165) is 27.8 Å². The summed E-state index contributed by atoms with van der Waals surface area (Å²) >= 11 is 0. The van der Waals surface area contributed by atoms with Gasteiger partial charge in [-0.25, -0.2) is 4.98 Å². The van der Waals surface area contributed by atoms with Crippen LogP contribution in [0.2, 0.25) is 0 Å². The first-order chi connectivity index (χ1) is 11.8. The first kappa shape index (κ1) is 14.5. The Hall–Kier alpha value is -3.13. The third kappa shape index (κ3) is 2.86. The first-order valence-corrected chi connectivity index (χ1v) is 7.99. The van der Waals surface area contributed by atoms with Crippen LogP contribution in [-0.4, -0.2) is 4.98 Å². The van der Waals surface area contributed by atoms with Gasteiger partial charge in [-0.1, -0.05) is 66.7 Å². The number of oxazole rings is 1. The molecular formula is C22H17NO. The van der Waals surface area contributed by atoms with E-state index in [-0.39, 0.29) is 0 Å². The molecule has 0 radical (unpaired) electrons. The zero-order valence-electron chi connectivity index (χ0n) is 13.4. The number of benzene rings is 3. The summed E-state index contributed by atoms with van der Waals surface area (Å²) in [6.07, 6.45) is 2.01. The second kappa shape index (κ2) is 6.17. The van der Waals surface area contributed by atoms with E-state index in [1.54, 1.807) is 0 Å². The van der Waals surface area contributed by atoms with Crippen molar-refractivity contribution >= 4 is 22.7 Å². The minimum absolute atomic E-state index is 0.623. The molecule has 24 heavy (non-hydrogen) atoms. The molecule has 0 N–H and O–H groups in total. The zero-order chi connectivity index (χ0) is 16.4. The Bertz CT molecular complexity index is 957. The Kier molecular flexibility index (Phi) is 3.72. The van der Waals surface area contributed by atoms with Gasteiger partial charge in [0.05, 0.1) is 0 Å². The largest absolute Gasteiger partial charge is 0.437 e. The van der Waals surface area contributed by atoms with E-state index in [9.17, 15) is 0 Å². The van der Waals surface area contributed by atoms with Crippen LogP contribution in [0.4, 0.5) is 0 Å². The average molecular weight is 311 g/mol. The summed E-state index contributed by atoms with van der Waals surface area (Å²) in [7, 11) is 0. The molecule has 0 fully saturated rings. The van der Waals surface area contributed by atoms with Gasteiger partial charge in [-0.05, 0) is 41.3 Å². The van der Waals surface area contributed by atoms with Crippen molar-refractivity contribution in [2.45, 2.75) is 6.92 Å². The highest BCUT2D eigenvalue weighted by Gasteiger charge is 2.09. The highest BCUT2D eigenvalue weighted by molar-refractivity contribution is 5.91. The van der Waals surface area contributed by atoms with Crippen LogP contribution >= 0.6 is 0 Å². The first-order valence-electron chi connectivity index (χ1n) is 7.99. The lowest BCUT2D eigenvalue weighted by molar-refractivity contribution is 0.589. The van der Waals surface area contributed by atoms with Crippen LogP contribution < -0.4 is 0 Å². The minimum Gasteiger partial charge on any atom is -0.437 e. The van der Waals surface area contributed by atoms with E-state index in [2.05, 4.69) is 36.2 Å². The molecular weight excluding hydrogens is 294 g/mol. The van der Waals surface area contributed by atoms with Crippen molar-refractivity contribution in [2.24, 2.45) is 0 Å². The Balaban J connectivity index is 1.87. The molecule has 0 aliphatic heterocycles. The standard InChI is InChI=1S/C22H17NO/c1-16-12-13-21-20(14-16)23-22(24-21)15-19(17-8-4-2-5-9-17)18-10-6-3-7-11-18/h2-15H,1H3. The second-order valence-electron chi connectivity index (χ2n) is 5.81. The molecule has 0 aliphatic rings. The third-order valence-corrected chi connectivity index (χ3v) is 4.00. The number of aryl methyl sites for hydroxylation is 1. The molecule has 1 heterocycles. The van der Waals surface area contributed by atoms with Gasteiger partial charge in [0.25, 0.3) is 0 Å². The van der Waals surface area contributed by atoms with Crippen LogP contribution in [0.15, 0.2) is 83.3 Å².